The molecule has 2 fully saturated rings. The van der Waals surface area contributed by atoms with Crippen LogP contribution in [0.15, 0.2) is 0 Å². The van der Waals surface area contributed by atoms with Crippen LogP contribution in [-0.2, 0) is 19.3 Å². The Hall–Kier alpha value is -0.170. The molecule has 0 radical (unpaired) electrons. The lowest BCUT2D eigenvalue weighted by atomic mass is 9.76. The van der Waals surface area contributed by atoms with Crippen molar-refractivity contribution in [2.24, 2.45) is 11.3 Å². The summed E-state index contributed by atoms with van der Waals surface area (Å²) in [4.78, 5) is 0. The third-order valence-electron chi connectivity index (χ3n) is 4.86. The fourth-order valence-corrected chi connectivity index (χ4v) is 4.31. The maximum Gasteiger partial charge on any atom is 0.150 e. The molecule has 2 aliphatic rings. The Kier molecular flexibility index (Phi) is 6.05. The number of nitrogens with one attached hydrogen (secondary N) is 1. The zero-order valence-corrected chi connectivity index (χ0v) is 14.1. The average molecular weight is 319 g/mol. The third-order valence-corrected chi connectivity index (χ3v) is 6.57. The van der Waals surface area contributed by atoms with E-state index in [-0.39, 0.29) is 23.0 Å². The maximum absolute atomic E-state index is 11.9. The zero-order valence-electron chi connectivity index (χ0n) is 13.3. The van der Waals surface area contributed by atoms with Gasteiger partial charge in [0.05, 0.1) is 18.5 Å². The van der Waals surface area contributed by atoms with Crippen LogP contribution >= 0.6 is 0 Å². The number of ether oxygens (including phenoxy) is 2. The molecule has 124 valence electrons. The van der Waals surface area contributed by atoms with Crippen LogP contribution in [0.1, 0.15) is 32.6 Å². The van der Waals surface area contributed by atoms with E-state index in [1.54, 1.807) is 14.0 Å². The maximum atomic E-state index is 11.9. The van der Waals surface area contributed by atoms with Gasteiger partial charge in [0.25, 0.3) is 0 Å². The molecule has 21 heavy (non-hydrogen) atoms. The molecule has 0 amide bonds. The van der Waals surface area contributed by atoms with E-state index in [9.17, 15) is 8.42 Å². The van der Waals surface area contributed by atoms with E-state index in [0.29, 0.717) is 18.9 Å². The topological polar surface area (TPSA) is 64.6 Å². The molecule has 0 aromatic heterocycles. The second-order valence-electron chi connectivity index (χ2n) is 6.40. The summed E-state index contributed by atoms with van der Waals surface area (Å²) in [6.45, 7) is 4.80. The fraction of sp³-hybridized carbons (Fsp3) is 1.00. The van der Waals surface area contributed by atoms with Gasteiger partial charge in [0.1, 0.15) is 9.84 Å². The summed E-state index contributed by atoms with van der Waals surface area (Å²) in [5.41, 5.74) is -0.0167. The summed E-state index contributed by atoms with van der Waals surface area (Å²) >= 11 is 0. The highest BCUT2D eigenvalue weighted by Gasteiger charge is 2.50. The minimum Gasteiger partial charge on any atom is -0.383 e. The number of hydrogen-bond donors (Lipinski definition) is 1. The number of hydrogen-bond acceptors (Lipinski definition) is 5. The number of methoxy groups -OCH3 is 1. The average Bonchev–Trinajstić information content (AvgIpc) is 3.23. The van der Waals surface area contributed by atoms with Gasteiger partial charge in [0.2, 0.25) is 0 Å². The Balaban J connectivity index is 1.99. The predicted molar refractivity (Wildman–Crippen MR) is 83.2 cm³/mol. The summed E-state index contributed by atoms with van der Waals surface area (Å²) in [6, 6.07) is 0. The third kappa shape index (κ3) is 4.65. The van der Waals surface area contributed by atoms with Crippen molar-refractivity contribution in [2.45, 2.75) is 38.7 Å². The van der Waals surface area contributed by atoms with E-state index < -0.39 is 9.84 Å². The molecule has 1 saturated heterocycles. The largest absolute Gasteiger partial charge is 0.383 e. The molecule has 0 aromatic carbocycles. The zero-order chi connectivity index (χ0) is 15.3. The van der Waals surface area contributed by atoms with Crippen molar-refractivity contribution >= 4 is 9.84 Å². The highest BCUT2D eigenvalue weighted by molar-refractivity contribution is 7.91. The Morgan fingerprint density at radius 1 is 1.38 bits per heavy atom. The molecule has 2 rings (SSSR count). The molecule has 1 aliphatic carbocycles. The van der Waals surface area contributed by atoms with Gasteiger partial charge in [0.15, 0.2) is 0 Å². The molecule has 1 saturated carbocycles. The number of rotatable bonds is 10. The SMILES string of the molecule is CCS(=O)(=O)CCC1(CNCCOC)CCOC1C1CC1. The lowest BCUT2D eigenvalue weighted by molar-refractivity contribution is 0.0285. The van der Waals surface area contributed by atoms with Crippen LogP contribution in [-0.4, -0.2) is 59.4 Å². The van der Waals surface area contributed by atoms with Crippen LogP contribution < -0.4 is 5.32 Å². The second-order valence-corrected chi connectivity index (χ2v) is 8.87. The van der Waals surface area contributed by atoms with Crippen molar-refractivity contribution in [1.82, 2.24) is 5.32 Å². The van der Waals surface area contributed by atoms with Crippen LogP contribution in [0.3, 0.4) is 0 Å². The van der Waals surface area contributed by atoms with Gasteiger partial charge >= 0.3 is 0 Å². The summed E-state index contributed by atoms with van der Waals surface area (Å²) in [5.74, 6) is 1.15. The first-order valence-corrected chi connectivity index (χ1v) is 9.87. The van der Waals surface area contributed by atoms with E-state index in [1.165, 1.54) is 12.8 Å². The quantitative estimate of drug-likeness (QED) is 0.614. The summed E-state index contributed by atoms with van der Waals surface area (Å²) in [6.07, 6.45) is 4.37. The molecule has 6 heteroatoms. The Morgan fingerprint density at radius 3 is 2.76 bits per heavy atom. The predicted octanol–water partition coefficient (Wildman–Crippen LogP) is 1.23. The normalized spacial score (nSPS) is 29.9. The molecular formula is C15H29NO4S. The Morgan fingerprint density at radius 2 is 2.14 bits per heavy atom. The van der Waals surface area contributed by atoms with Gasteiger partial charge < -0.3 is 14.8 Å². The monoisotopic (exact) mass is 319 g/mol. The van der Waals surface area contributed by atoms with E-state index in [2.05, 4.69) is 5.32 Å². The second kappa shape index (κ2) is 7.40. The Bertz CT molecular complexity index is 421. The van der Waals surface area contributed by atoms with Crippen LogP contribution in [0.25, 0.3) is 0 Å². The van der Waals surface area contributed by atoms with Gasteiger partial charge in [-0.3, -0.25) is 0 Å². The van der Waals surface area contributed by atoms with Gasteiger partial charge in [-0.05, 0) is 31.6 Å². The molecular weight excluding hydrogens is 290 g/mol. The highest BCUT2D eigenvalue weighted by atomic mass is 32.2. The highest BCUT2D eigenvalue weighted by Crippen LogP contribution is 2.49. The van der Waals surface area contributed by atoms with E-state index in [0.717, 1.165) is 26.1 Å². The first-order chi connectivity index (χ1) is 10.0. The minimum absolute atomic E-state index is 0.0167. The fourth-order valence-electron chi connectivity index (χ4n) is 3.30. The minimum atomic E-state index is -2.92. The van der Waals surface area contributed by atoms with Gasteiger partial charge in [-0.15, -0.1) is 0 Å². The summed E-state index contributed by atoms with van der Waals surface area (Å²) < 4.78 is 34.8. The van der Waals surface area contributed by atoms with Crippen molar-refractivity contribution in [1.29, 1.82) is 0 Å². The first kappa shape index (κ1) is 17.2. The number of sulfone groups is 1. The van der Waals surface area contributed by atoms with Crippen molar-refractivity contribution < 1.29 is 17.9 Å². The summed E-state index contributed by atoms with van der Waals surface area (Å²) in [5, 5.41) is 3.44. The standard InChI is InChI=1S/C15H29NO4S/c1-3-21(17,18)11-7-15(12-16-8-10-19-2)6-9-20-14(15)13-4-5-13/h13-14,16H,3-12H2,1-2H3. The van der Waals surface area contributed by atoms with Crippen LogP contribution in [0.2, 0.25) is 0 Å². The van der Waals surface area contributed by atoms with Crippen LogP contribution in [0, 0.1) is 11.3 Å². The molecule has 0 bridgehead atoms. The van der Waals surface area contributed by atoms with Gasteiger partial charge in [-0.2, -0.15) is 0 Å². The van der Waals surface area contributed by atoms with Crippen molar-refractivity contribution in [3.05, 3.63) is 0 Å². The van der Waals surface area contributed by atoms with E-state index in [1.807, 2.05) is 0 Å². The molecule has 1 aliphatic heterocycles. The first-order valence-electron chi connectivity index (χ1n) is 8.05. The molecule has 2 unspecified atom stereocenters. The van der Waals surface area contributed by atoms with Crippen molar-refractivity contribution in [3.8, 4) is 0 Å². The van der Waals surface area contributed by atoms with Crippen LogP contribution in [0.5, 0.6) is 0 Å². The molecule has 0 aromatic rings. The van der Waals surface area contributed by atoms with Crippen molar-refractivity contribution in [3.63, 3.8) is 0 Å². The van der Waals surface area contributed by atoms with Gasteiger partial charge in [-0.1, -0.05) is 6.92 Å². The Labute approximate surface area is 128 Å². The van der Waals surface area contributed by atoms with E-state index >= 15 is 0 Å². The molecule has 0 spiro atoms. The lowest BCUT2D eigenvalue weighted by Gasteiger charge is -2.34. The van der Waals surface area contributed by atoms with Gasteiger partial charge in [-0.25, -0.2) is 8.42 Å². The molecule has 5 nitrogen and oxygen atoms in total. The van der Waals surface area contributed by atoms with E-state index in [4.69, 9.17) is 9.47 Å². The smallest absolute Gasteiger partial charge is 0.150 e. The summed E-state index contributed by atoms with van der Waals surface area (Å²) in [7, 11) is -1.23. The van der Waals surface area contributed by atoms with Crippen LogP contribution in [0.4, 0.5) is 0 Å². The molecule has 1 N–H and O–H groups in total. The lowest BCUT2D eigenvalue weighted by Crippen LogP contribution is -2.44. The molecule has 1 heterocycles. The molecule has 2 atom stereocenters. The van der Waals surface area contributed by atoms with Crippen molar-refractivity contribution in [2.75, 3.05) is 44.9 Å². The van der Waals surface area contributed by atoms with Gasteiger partial charge in [0, 0.05) is 38.0 Å².